The first-order valence-electron chi connectivity index (χ1n) is 8.36. The van der Waals surface area contributed by atoms with Crippen LogP contribution in [0.15, 0.2) is 24.3 Å². The molecule has 2 aliphatic rings. The highest BCUT2D eigenvalue weighted by Crippen LogP contribution is 2.34. The van der Waals surface area contributed by atoms with Gasteiger partial charge in [-0.3, -0.25) is 4.79 Å². The fourth-order valence-corrected chi connectivity index (χ4v) is 3.73. The maximum atomic E-state index is 12.7. The van der Waals surface area contributed by atoms with E-state index >= 15 is 0 Å². The summed E-state index contributed by atoms with van der Waals surface area (Å²) in [4.78, 5) is 12.7. The number of nitrogens with one attached hydrogen (secondary N) is 1. The molecule has 1 fully saturated rings. The molecule has 1 atom stereocenters. The van der Waals surface area contributed by atoms with Gasteiger partial charge in [0.15, 0.2) is 0 Å². The summed E-state index contributed by atoms with van der Waals surface area (Å²) in [5, 5.41) is 4.29. The highest BCUT2D eigenvalue weighted by atomic mass is 16.5. The number of hydrogen-bond donors (Lipinski definition) is 1. The van der Waals surface area contributed by atoms with Crippen molar-refractivity contribution >= 4 is 16.8 Å². The van der Waals surface area contributed by atoms with Gasteiger partial charge in [0.1, 0.15) is 17.5 Å². The first kappa shape index (κ1) is 13.7. The second kappa shape index (κ2) is 5.34. The van der Waals surface area contributed by atoms with Crippen LogP contribution in [0.25, 0.3) is 10.9 Å². The number of nitrogens with zero attached hydrogens (tertiary/aromatic N) is 1. The van der Waals surface area contributed by atoms with Crippen LogP contribution in [0.5, 0.6) is 5.75 Å². The molecule has 0 radical (unpaired) electrons. The van der Waals surface area contributed by atoms with Gasteiger partial charge in [-0.05, 0) is 31.4 Å². The van der Waals surface area contributed by atoms with Crippen molar-refractivity contribution in [3.63, 3.8) is 0 Å². The SMILES string of the molecule is CC[C@@H]1Cn2c(C(=O)NC3CCCC3)cc3cccc(c32)O1. The van der Waals surface area contributed by atoms with Crippen LogP contribution >= 0.6 is 0 Å². The number of carbonyl (C=O) groups excluding carboxylic acids is 1. The Kier molecular flexibility index (Phi) is 3.32. The van der Waals surface area contributed by atoms with E-state index in [-0.39, 0.29) is 12.0 Å². The van der Waals surface area contributed by atoms with Gasteiger partial charge in [0.25, 0.3) is 5.91 Å². The summed E-state index contributed by atoms with van der Waals surface area (Å²) in [7, 11) is 0. The van der Waals surface area contributed by atoms with Crippen molar-refractivity contribution in [2.75, 3.05) is 0 Å². The average Bonchev–Trinajstić information content (AvgIpc) is 3.16. The predicted molar refractivity (Wildman–Crippen MR) is 86.4 cm³/mol. The molecule has 2 aromatic rings. The van der Waals surface area contributed by atoms with Crippen LogP contribution in [0.1, 0.15) is 49.5 Å². The molecule has 1 amide bonds. The van der Waals surface area contributed by atoms with E-state index in [1.54, 1.807) is 0 Å². The Morgan fingerprint density at radius 1 is 1.36 bits per heavy atom. The Morgan fingerprint density at radius 2 is 2.18 bits per heavy atom. The van der Waals surface area contributed by atoms with Crippen LogP contribution in [-0.2, 0) is 6.54 Å². The molecule has 4 heteroatoms. The number of hydrogen-bond acceptors (Lipinski definition) is 2. The molecule has 0 spiro atoms. The number of carbonyl (C=O) groups is 1. The van der Waals surface area contributed by atoms with E-state index in [1.807, 2.05) is 18.2 Å². The molecule has 116 valence electrons. The van der Waals surface area contributed by atoms with Crippen molar-refractivity contribution in [1.82, 2.24) is 9.88 Å². The molecule has 1 saturated carbocycles. The first-order chi connectivity index (χ1) is 10.8. The van der Waals surface area contributed by atoms with E-state index in [9.17, 15) is 4.79 Å². The van der Waals surface area contributed by atoms with Gasteiger partial charge in [-0.25, -0.2) is 0 Å². The number of benzene rings is 1. The van der Waals surface area contributed by atoms with Crippen LogP contribution < -0.4 is 10.1 Å². The Morgan fingerprint density at radius 3 is 2.95 bits per heavy atom. The van der Waals surface area contributed by atoms with Crippen molar-refractivity contribution in [2.45, 2.75) is 57.7 Å². The van der Waals surface area contributed by atoms with Gasteiger partial charge in [0, 0.05) is 11.4 Å². The second-order valence-corrected chi connectivity index (χ2v) is 6.44. The number of amides is 1. The molecular weight excluding hydrogens is 276 g/mol. The molecule has 1 aliphatic carbocycles. The maximum Gasteiger partial charge on any atom is 0.268 e. The van der Waals surface area contributed by atoms with E-state index in [1.165, 1.54) is 12.8 Å². The zero-order valence-electron chi connectivity index (χ0n) is 13.0. The van der Waals surface area contributed by atoms with Gasteiger partial charge in [0.05, 0.1) is 12.1 Å². The average molecular weight is 298 g/mol. The fraction of sp³-hybridized carbons (Fsp3) is 0.500. The van der Waals surface area contributed by atoms with Crippen LogP contribution in [0, 0.1) is 0 Å². The van der Waals surface area contributed by atoms with Crippen molar-refractivity contribution in [3.05, 3.63) is 30.0 Å². The molecule has 1 aromatic heterocycles. The smallest absolute Gasteiger partial charge is 0.268 e. The maximum absolute atomic E-state index is 12.7. The minimum atomic E-state index is 0.0609. The summed E-state index contributed by atoms with van der Waals surface area (Å²) >= 11 is 0. The third-order valence-corrected chi connectivity index (χ3v) is 4.94. The predicted octanol–water partition coefficient (Wildman–Crippen LogP) is 3.48. The molecule has 1 aliphatic heterocycles. The largest absolute Gasteiger partial charge is 0.486 e. The van der Waals surface area contributed by atoms with E-state index in [0.717, 1.165) is 48.2 Å². The summed E-state index contributed by atoms with van der Waals surface area (Å²) in [6, 6.07) is 8.40. The van der Waals surface area contributed by atoms with Crippen LogP contribution in [0.2, 0.25) is 0 Å². The van der Waals surface area contributed by atoms with Crippen LogP contribution in [0.4, 0.5) is 0 Å². The molecule has 22 heavy (non-hydrogen) atoms. The van der Waals surface area contributed by atoms with Crippen LogP contribution in [0.3, 0.4) is 0 Å². The zero-order chi connectivity index (χ0) is 15.1. The summed E-state index contributed by atoms with van der Waals surface area (Å²) in [5.74, 6) is 0.960. The molecule has 4 rings (SSSR count). The van der Waals surface area contributed by atoms with Gasteiger partial charge in [-0.15, -0.1) is 0 Å². The van der Waals surface area contributed by atoms with E-state index in [0.29, 0.717) is 6.04 Å². The zero-order valence-corrected chi connectivity index (χ0v) is 13.0. The lowest BCUT2D eigenvalue weighted by Crippen LogP contribution is -2.35. The van der Waals surface area contributed by atoms with Crippen LogP contribution in [-0.4, -0.2) is 22.6 Å². The lowest BCUT2D eigenvalue weighted by atomic mass is 10.2. The first-order valence-corrected chi connectivity index (χ1v) is 8.36. The Bertz CT molecular complexity index is 713. The Labute approximate surface area is 130 Å². The van der Waals surface area contributed by atoms with Crippen molar-refractivity contribution < 1.29 is 9.53 Å². The Hall–Kier alpha value is -1.97. The van der Waals surface area contributed by atoms with E-state index in [4.69, 9.17) is 4.74 Å². The minimum absolute atomic E-state index is 0.0609. The molecule has 2 heterocycles. The lowest BCUT2D eigenvalue weighted by Gasteiger charge is -2.26. The molecule has 4 nitrogen and oxygen atoms in total. The molecule has 0 unspecified atom stereocenters. The van der Waals surface area contributed by atoms with Crippen molar-refractivity contribution in [3.8, 4) is 5.75 Å². The summed E-state index contributed by atoms with van der Waals surface area (Å²) in [6.07, 6.45) is 5.75. The third kappa shape index (κ3) is 2.18. The lowest BCUT2D eigenvalue weighted by molar-refractivity contribution is 0.0922. The normalized spacial score (nSPS) is 21.0. The summed E-state index contributed by atoms with van der Waals surface area (Å²) in [6.45, 7) is 2.88. The Balaban J connectivity index is 1.72. The number of ether oxygens (including phenoxy) is 1. The topological polar surface area (TPSA) is 43.3 Å². The van der Waals surface area contributed by atoms with E-state index < -0.39 is 0 Å². The minimum Gasteiger partial charge on any atom is -0.486 e. The van der Waals surface area contributed by atoms with Crippen molar-refractivity contribution in [2.24, 2.45) is 0 Å². The van der Waals surface area contributed by atoms with Gasteiger partial charge in [-0.1, -0.05) is 31.9 Å². The molecular formula is C18H22N2O2. The quantitative estimate of drug-likeness (QED) is 0.942. The number of rotatable bonds is 3. The highest BCUT2D eigenvalue weighted by Gasteiger charge is 2.27. The number of aromatic nitrogens is 1. The van der Waals surface area contributed by atoms with Gasteiger partial charge in [-0.2, -0.15) is 0 Å². The van der Waals surface area contributed by atoms with Gasteiger partial charge in [0.2, 0.25) is 0 Å². The summed E-state index contributed by atoms with van der Waals surface area (Å²) in [5.41, 5.74) is 1.83. The molecule has 1 N–H and O–H groups in total. The standard InChI is InChI=1S/C18H22N2O2/c1-2-14-11-20-15(18(21)19-13-7-3-4-8-13)10-12-6-5-9-16(22-14)17(12)20/h5-6,9-10,13-14H,2-4,7-8,11H2,1H3,(H,19,21)/t14-/m1/s1. The van der Waals surface area contributed by atoms with E-state index in [2.05, 4.69) is 22.9 Å². The third-order valence-electron chi connectivity index (χ3n) is 4.94. The fourth-order valence-electron chi connectivity index (χ4n) is 3.73. The molecule has 0 bridgehead atoms. The molecule has 1 aromatic carbocycles. The molecule has 0 saturated heterocycles. The highest BCUT2D eigenvalue weighted by molar-refractivity contribution is 6.00. The monoisotopic (exact) mass is 298 g/mol. The van der Waals surface area contributed by atoms with Crippen molar-refractivity contribution in [1.29, 1.82) is 0 Å². The van der Waals surface area contributed by atoms with Gasteiger partial charge >= 0.3 is 0 Å². The number of para-hydroxylation sites is 1. The second-order valence-electron chi connectivity index (χ2n) is 6.44. The summed E-state index contributed by atoms with van der Waals surface area (Å²) < 4.78 is 8.17. The van der Waals surface area contributed by atoms with Gasteiger partial charge < -0.3 is 14.6 Å².